The van der Waals surface area contributed by atoms with Crippen LogP contribution in [0.25, 0.3) is 11.3 Å². The van der Waals surface area contributed by atoms with Gasteiger partial charge in [0.05, 0.1) is 23.4 Å². The van der Waals surface area contributed by atoms with Crippen molar-refractivity contribution in [1.82, 2.24) is 4.57 Å². The van der Waals surface area contributed by atoms with Crippen molar-refractivity contribution in [3.63, 3.8) is 0 Å². The average Bonchev–Trinajstić information content (AvgIpc) is 3.20. The number of nitrogens with zero attached hydrogens (tertiary/aromatic N) is 1. The summed E-state index contributed by atoms with van der Waals surface area (Å²) in [7, 11) is 0. The summed E-state index contributed by atoms with van der Waals surface area (Å²) < 4.78 is 44.6. The first-order valence-corrected chi connectivity index (χ1v) is 8.37. The van der Waals surface area contributed by atoms with Crippen molar-refractivity contribution in [3.8, 4) is 11.3 Å². The van der Waals surface area contributed by atoms with Crippen LogP contribution in [0.2, 0.25) is 4.34 Å². The number of furan rings is 1. The standard InChI is InChI=1S/C16H10ClF3N2O3S/c17-14-9(11-2-1-3-25-11)5-12(26-14)15(23)21-8-4-10(18)16(24)22(6-8)7-13(19)20/h1-6,13H,7H2,(H,21,23). The smallest absolute Gasteiger partial charge is 0.286 e. The van der Waals surface area contributed by atoms with E-state index in [2.05, 4.69) is 5.32 Å². The number of anilines is 1. The number of rotatable bonds is 5. The summed E-state index contributed by atoms with van der Waals surface area (Å²) in [5.41, 5.74) is -0.805. The minimum absolute atomic E-state index is 0.128. The van der Waals surface area contributed by atoms with Crippen LogP contribution in [0.15, 0.2) is 45.9 Å². The van der Waals surface area contributed by atoms with E-state index in [0.717, 1.165) is 23.6 Å². The van der Waals surface area contributed by atoms with Gasteiger partial charge in [-0.3, -0.25) is 9.59 Å². The van der Waals surface area contributed by atoms with Crippen LogP contribution < -0.4 is 10.9 Å². The number of alkyl halides is 2. The van der Waals surface area contributed by atoms with E-state index in [9.17, 15) is 22.8 Å². The van der Waals surface area contributed by atoms with Crippen LogP contribution in [0.1, 0.15) is 9.67 Å². The Balaban J connectivity index is 1.86. The molecule has 3 heterocycles. The Morgan fingerprint density at radius 1 is 1.38 bits per heavy atom. The molecule has 3 aromatic rings. The van der Waals surface area contributed by atoms with Gasteiger partial charge >= 0.3 is 0 Å². The van der Waals surface area contributed by atoms with Crippen molar-refractivity contribution in [2.24, 2.45) is 0 Å². The highest BCUT2D eigenvalue weighted by atomic mass is 35.5. The Labute approximate surface area is 153 Å². The minimum atomic E-state index is -2.84. The minimum Gasteiger partial charge on any atom is -0.464 e. The molecule has 0 aliphatic carbocycles. The summed E-state index contributed by atoms with van der Waals surface area (Å²) in [6.45, 7) is -0.979. The molecule has 5 nitrogen and oxygen atoms in total. The van der Waals surface area contributed by atoms with Crippen molar-refractivity contribution in [3.05, 3.63) is 62.1 Å². The van der Waals surface area contributed by atoms with Crippen LogP contribution in [0.5, 0.6) is 0 Å². The number of hydrogen-bond donors (Lipinski definition) is 1. The monoisotopic (exact) mass is 402 g/mol. The quantitative estimate of drug-likeness (QED) is 0.684. The zero-order valence-corrected chi connectivity index (χ0v) is 14.4. The topological polar surface area (TPSA) is 64.2 Å². The maximum Gasteiger partial charge on any atom is 0.286 e. The zero-order chi connectivity index (χ0) is 18.8. The molecule has 1 amide bonds. The highest BCUT2D eigenvalue weighted by Gasteiger charge is 2.18. The van der Waals surface area contributed by atoms with Crippen molar-refractivity contribution in [1.29, 1.82) is 0 Å². The maximum absolute atomic E-state index is 13.6. The van der Waals surface area contributed by atoms with Crippen LogP contribution in [0, 0.1) is 5.82 Å². The third-order valence-electron chi connectivity index (χ3n) is 3.33. The first kappa shape index (κ1) is 18.3. The molecule has 0 aliphatic heterocycles. The molecule has 0 atom stereocenters. The van der Waals surface area contributed by atoms with Gasteiger partial charge in [0.1, 0.15) is 10.1 Å². The van der Waals surface area contributed by atoms with E-state index in [-0.39, 0.29) is 10.6 Å². The lowest BCUT2D eigenvalue weighted by Gasteiger charge is -2.09. The zero-order valence-electron chi connectivity index (χ0n) is 12.8. The first-order valence-electron chi connectivity index (χ1n) is 7.18. The molecule has 0 aliphatic rings. The number of amides is 1. The van der Waals surface area contributed by atoms with Gasteiger partial charge in [-0.25, -0.2) is 13.2 Å². The van der Waals surface area contributed by atoms with Crippen molar-refractivity contribution >= 4 is 34.5 Å². The van der Waals surface area contributed by atoms with Crippen molar-refractivity contribution in [2.75, 3.05) is 5.32 Å². The third-order valence-corrected chi connectivity index (χ3v) is 4.69. The number of nitrogens with one attached hydrogen (secondary N) is 1. The second-order valence-corrected chi connectivity index (χ2v) is 6.81. The molecular weight excluding hydrogens is 393 g/mol. The van der Waals surface area contributed by atoms with E-state index in [4.69, 9.17) is 16.0 Å². The average molecular weight is 403 g/mol. The number of hydrogen-bond acceptors (Lipinski definition) is 4. The second kappa shape index (κ2) is 7.38. The van der Waals surface area contributed by atoms with Gasteiger partial charge in [0.15, 0.2) is 5.82 Å². The molecular formula is C16H10ClF3N2O3S. The predicted molar refractivity (Wildman–Crippen MR) is 91.6 cm³/mol. The summed E-state index contributed by atoms with van der Waals surface area (Å²) in [6.07, 6.45) is -0.430. The second-order valence-electron chi connectivity index (χ2n) is 5.15. The van der Waals surface area contributed by atoms with Crippen LogP contribution in [0.3, 0.4) is 0 Å². The number of carbonyl (C=O) groups excluding carboxylic acids is 1. The number of halogens is 4. The van der Waals surface area contributed by atoms with E-state index < -0.39 is 30.3 Å². The Kier molecular flexibility index (Phi) is 5.19. The van der Waals surface area contributed by atoms with Gasteiger partial charge in [0.25, 0.3) is 17.9 Å². The molecule has 10 heteroatoms. The molecule has 0 saturated heterocycles. The SMILES string of the molecule is O=C(Nc1cc(F)c(=O)n(CC(F)F)c1)c1cc(-c2ccco2)c(Cl)s1. The van der Waals surface area contributed by atoms with Crippen LogP contribution in [-0.4, -0.2) is 16.9 Å². The molecule has 1 N–H and O–H groups in total. The van der Waals surface area contributed by atoms with Gasteiger partial charge < -0.3 is 14.3 Å². The molecule has 0 saturated carbocycles. The van der Waals surface area contributed by atoms with E-state index >= 15 is 0 Å². The van der Waals surface area contributed by atoms with E-state index in [1.54, 1.807) is 12.1 Å². The molecule has 3 aromatic heterocycles. The van der Waals surface area contributed by atoms with Crippen molar-refractivity contribution < 1.29 is 22.4 Å². The summed E-state index contributed by atoms with van der Waals surface area (Å²) in [5, 5.41) is 2.36. The molecule has 3 rings (SSSR count). The Morgan fingerprint density at radius 2 is 2.15 bits per heavy atom. The molecule has 0 bridgehead atoms. The fraction of sp³-hybridized carbons (Fsp3) is 0.125. The molecule has 136 valence electrons. The van der Waals surface area contributed by atoms with Crippen LogP contribution in [0.4, 0.5) is 18.9 Å². The number of thiophene rings is 1. The van der Waals surface area contributed by atoms with Crippen LogP contribution >= 0.6 is 22.9 Å². The van der Waals surface area contributed by atoms with Gasteiger partial charge in [-0.15, -0.1) is 11.3 Å². The molecule has 26 heavy (non-hydrogen) atoms. The van der Waals surface area contributed by atoms with Gasteiger partial charge in [0, 0.05) is 17.8 Å². The summed E-state index contributed by atoms with van der Waals surface area (Å²) in [5.74, 6) is -1.40. The van der Waals surface area contributed by atoms with Gasteiger partial charge in [0.2, 0.25) is 0 Å². The highest BCUT2D eigenvalue weighted by molar-refractivity contribution is 7.18. The molecule has 0 radical (unpaired) electrons. The van der Waals surface area contributed by atoms with E-state index in [1.807, 2.05) is 0 Å². The summed E-state index contributed by atoms with van der Waals surface area (Å²) >= 11 is 7.07. The fourth-order valence-corrected chi connectivity index (χ4v) is 3.41. The summed E-state index contributed by atoms with van der Waals surface area (Å²) in [6, 6.07) is 5.60. The lowest BCUT2D eigenvalue weighted by Crippen LogP contribution is -2.26. The third kappa shape index (κ3) is 3.83. The maximum atomic E-state index is 13.6. The van der Waals surface area contributed by atoms with E-state index in [0.29, 0.717) is 20.2 Å². The molecule has 0 aromatic carbocycles. The normalized spacial score (nSPS) is 11.1. The largest absolute Gasteiger partial charge is 0.464 e. The fourth-order valence-electron chi connectivity index (χ4n) is 2.23. The van der Waals surface area contributed by atoms with Gasteiger partial charge in [-0.2, -0.15) is 0 Å². The first-order chi connectivity index (χ1) is 12.3. The highest BCUT2D eigenvalue weighted by Crippen LogP contribution is 2.36. The van der Waals surface area contributed by atoms with Crippen molar-refractivity contribution in [2.45, 2.75) is 13.0 Å². The Hall–Kier alpha value is -2.52. The summed E-state index contributed by atoms with van der Waals surface area (Å²) in [4.78, 5) is 24.0. The number of aromatic nitrogens is 1. The predicted octanol–water partition coefficient (Wildman–Crippen LogP) is 4.48. The van der Waals surface area contributed by atoms with E-state index in [1.165, 1.54) is 12.3 Å². The molecule has 0 fully saturated rings. The lowest BCUT2D eigenvalue weighted by atomic mass is 10.2. The molecule has 0 spiro atoms. The Morgan fingerprint density at radius 3 is 2.81 bits per heavy atom. The number of carbonyl (C=O) groups is 1. The van der Waals surface area contributed by atoms with Crippen LogP contribution in [-0.2, 0) is 6.54 Å². The van der Waals surface area contributed by atoms with Gasteiger partial charge in [-0.05, 0) is 18.2 Å². The molecule has 0 unspecified atom stereocenters. The van der Waals surface area contributed by atoms with Gasteiger partial charge in [-0.1, -0.05) is 11.6 Å². The Bertz CT molecular complexity index is 999. The lowest BCUT2D eigenvalue weighted by molar-refractivity contribution is 0.103. The number of pyridine rings is 1.